The maximum Gasteiger partial charge on any atom is 0.333 e. The average molecular weight is 330 g/mol. The highest BCUT2D eigenvalue weighted by Gasteiger charge is 2.25. The van der Waals surface area contributed by atoms with E-state index in [2.05, 4.69) is 10.1 Å². The third-order valence-corrected chi connectivity index (χ3v) is 3.77. The summed E-state index contributed by atoms with van der Waals surface area (Å²) in [5.41, 5.74) is 0.822. The van der Waals surface area contributed by atoms with Crippen molar-refractivity contribution in [3.8, 4) is 17.0 Å². The molecule has 2 atom stereocenters. The minimum Gasteiger partial charge on any atom is -0.489 e. The van der Waals surface area contributed by atoms with Gasteiger partial charge in [-0.25, -0.2) is 9.67 Å². The Morgan fingerprint density at radius 1 is 1.41 bits per heavy atom. The number of alkyl halides is 2. The van der Waals surface area contributed by atoms with Crippen LogP contribution >= 0.6 is 11.6 Å². The number of aromatic nitrogens is 3. The first-order chi connectivity index (χ1) is 10.5. The minimum absolute atomic E-state index is 0.135. The van der Waals surface area contributed by atoms with E-state index in [0.717, 1.165) is 6.42 Å². The number of hydrogen-bond acceptors (Lipinski definition) is 4. The van der Waals surface area contributed by atoms with Crippen LogP contribution in [0, 0.1) is 0 Å². The van der Waals surface area contributed by atoms with Crippen molar-refractivity contribution in [2.75, 3.05) is 0 Å². The van der Waals surface area contributed by atoms with E-state index in [9.17, 15) is 13.9 Å². The van der Waals surface area contributed by atoms with Crippen LogP contribution in [-0.2, 0) is 0 Å². The number of nitrogens with zero attached hydrogens (tertiary/aromatic N) is 3. The van der Waals surface area contributed by atoms with Gasteiger partial charge in [0.25, 0.3) is 0 Å². The van der Waals surface area contributed by atoms with Crippen molar-refractivity contribution < 1.29 is 18.6 Å². The first-order valence-electron chi connectivity index (χ1n) is 6.87. The maximum absolute atomic E-state index is 12.6. The van der Waals surface area contributed by atoms with Crippen LogP contribution in [0.5, 0.6) is 5.75 Å². The summed E-state index contributed by atoms with van der Waals surface area (Å²) in [7, 11) is 0. The molecule has 22 heavy (non-hydrogen) atoms. The molecule has 0 bridgehead atoms. The summed E-state index contributed by atoms with van der Waals surface area (Å²) in [4.78, 5) is 3.96. The zero-order chi connectivity index (χ0) is 15.7. The SMILES string of the molecule is OC1CCC(Oc2cc(Cl)ncc2-c2ccn(C(F)F)n2)C1. The van der Waals surface area contributed by atoms with Crippen molar-refractivity contribution in [3.05, 3.63) is 29.7 Å². The molecule has 0 aromatic carbocycles. The quantitative estimate of drug-likeness (QED) is 0.874. The predicted octanol–water partition coefficient (Wildman–Crippen LogP) is 3.29. The van der Waals surface area contributed by atoms with Crippen molar-refractivity contribution in [1.82, 2.24) is 14.8 Å². The Morgan fingerprint density at radius 3 is 2.86 bits per heavy atom. The second kappa shape index (κ2) is 6.18. The number of aliphatic hydroxyl groups is 1. The average Bonchev–Trinajstić information content (AvgIpc) is 3.08. The van der Waals surface area contributed by atoms with Gasteiger partial charge >= 0.3 is 6.55 Å². The van der Waals surface area contributed by atoms with Crippen LogP contribution in [0.2, 0.25) is 5.15 Å². The number of aliphatic hydroxyl groups excluding tert-OH is 1. The minimum atomic E-state index is -2.71. The van der Waals surface area contributed by atoms with Crippen molar-refractivity contribution in [3.63, 3.8) is 0 Å². The second-order valence-corrected chi connectivity index (χ2v) is 5.56. The number of pyridine rings is 1. The van der Waals surface area contributed by atoms with Crippen LogP contribution in [0.25, 0.3) is 11.3 Å². The largest absolute Gasteiger partial charge is 0.489 e. The van der Waals surface area contributed by atoms with Crippen LogP contribution < -0.4 is 4.74 Å². The molecule has 0 amide bonds. The van der Waals surface area contributed by atoms with Crippen LogP contribution in [0.1, 0.15) is 25.8 Å². The van der Waals surface area contributed by atoms with Gasteiger partial charge < -0.3 is 9.84 Å². The van der Waals surface area contributed by atoms with E-state index in [1.165, 1.54) is 24.5 Å². The summed E-state index contributed by atoms with van der Waals surface area (Å²) in [6.07, 6.45) is 4.07. The fourth-order valence-corrected chi connectivity index (χ4v) is 2.65. The lowest BCUT2D eigenvalue weighted by atomic mass is 10.2. The Morgan fingerprint density at radius 2 is 2.23 bits per heavy atom. The molecule has 1 aliphatic carbocycles. The Hall–Kier alpha value is -1.73. The summed E-state index contributed by atoms with van der Waals surface area (Å²) < 4.78 is 31.7. The molecule has 2 aromatic rings. The molecule has 2 aromatic heterocycles. The van der Waals surface area contributed by atoms with E-state index >= 15 is 0 Å². The van der Waals surface area contributed by atoms with E-state index in [1.54, 1.807) is 0 Å². The molecule has 0 radical (unpaired) electrons. The molecule has 1 N–H and O–H groups in total. The number of rotatable bonds is 4. The first-order valence-corrected chi connectivity index (χ1v) is 7.24. The van der Waals surface area contributed by atoms with Gasteiger partial charge in [0.05, 0.1) is 17.4 Å². The van der Waals surface area contributed by atoms with Gasteiger partial charge in [-0.2, -0.15) is 13.9 Å². The molecule has 1 aliphatic rings. The molecule has 118 valence electrons. The van der Waals surface area contributed by atoms with E-state index in [-0.39, 0.29) is 17.4 Å². The lowest BCUT2D eigenvalue weighted by Gasteiger charge is -2.16. The summed E-state index contributed by atoms with van der Waals surface area (Å²) in [5, 5.41) is 13.6. The van der Waals surface area contributed by atoms with Gasteiger partial charge in [-0.05, 0) is 18.9 Å². The van der Waals surface area contributed by atoms with Crippen LogP contribution in [0.3, 0.4) is 0 Å². The standard InChI is InChI=1S/C14H14ClF2N3O2/c15-13-6-12(22-9-2-1-8(21)5-9)10(7-18-13)11-3-4-20(19-11)14(16)17/h3-4,6-9,14,21H,1-2,5H2. The van der Waals surface area contributed by atoms with Crippen LogP contribution in [0.15, 0.2) is 24.5 Å². The summed E-state index contributed by atoms with van der Waals surface area (Å²) in [6.45, 7) is -2.71. The molecule has 8 heteroatoms. The molecule has 2 heterocycles. The molecule has 1 fully saturated rings. The van der Waals surface area contributed by atoms with E-state index in [4.69, 9.17) is 16.3 Å². The molecule has 0 spiro atoms. The number of halogens is 3. The Kier molecular flexibility index (Phi) is 4.26. The normalized spacial score (nSPS) is 21.5. The molecule has 1 saturated carbocycles. The van der Waals surface area contributed by atoms with Gasteiger partial charge in [-0.1, -0.05) is 11.6 Å². The molecule has 0 aliphatic heterocycles. The maximum atomic E-state index is 12.6. The summed E-state index contributed by atoms with van der Waals surface area (Å²) >= 11 is 5.89. The lowest BCUT2D eigenvalue weighted by Crippen LogP contribution is -2.14. The third-order valence-electron chi connectivity index (χ3n) is 3.57. The fourth-order valence-electron chi connectivity index (χ4n) is 2.50. The fraction of sp³-hybridized carbons (Fsp3) is 0.429. The molecular formula is C14H14ClF2N3O2. The van der Waals surface area contributed by atoms with E-state index in [1.807, 2.05) is 0 Å². The highest BCUT2D eigenvalue weighted by molar-refractivity contribution is 6.29. The van der Waals surface area contributed by atoms with Gasteiger partial charge in [-0.3, -0.25) is 0 Å². The highest BCUT2D eigenvalue weighted by atomic mass is 35.5. The smallest absolute Gasteiger partial charge is 0.333 e. The summed E-state index contributed by atoms with van der Waals surface area (Å²) in [5.74, 6) is 0.429. The van der Waals surface area contributed by atoms with Gasteiger partial charge in [0.15, 0.2) is 0 Å². The zero-order valence-electron chi connectivity index (χ0n) is 11.5. The second-order valence-electron chi connectivity index (χ2n) is 5.17. The predicted molar refractivity (Wildman–Crippen MR) is 76.0 cm³/mol. The number of ether oxygens (including phenoxy) is 1. The zero-order valence-corrected chi connectivity index (χ0v) is 12.2. The molecule has 0 saturated heterocycles. The molecule has 3 rings (SSSR count). The van der Waals surface area contributed by atoms with Crippen molar-refractivity contribution >= 4 is 11.6 Å². The third kappa shape index (κ3) is 3.20. The van der Waals surface area contributed by atoms with Gasteiger partial charge in [0.1, 0.15) is 17.0 Å². The van der Waals surface area contributed by atoms with Crippen LogP contribution in [-0.4, -0.2) is 32.1 Å². The van der Waals surface area contributed by atoms with Crippen molar-refractivity contribution in [2.45, 2.75) is 38.0 Å². The Labute approximate surface area is 130 Å². The van der Waals surface area contributed by atoms with Crippen molar-refractivity contribution in [2.24, 2.45) is 0 Å². The lowest BCUT2D eigenvalue weighted by molar-refractivity contribution is 0.0568. The highest BCUT2D eigenvalue weighted by Crippen LogP contribution is 2.34. The number of hydrogen-bond donors (Lipinski definition) is 1. The monoisotopic (exact) mass is 329 g/mol. The van der Waals surface area contributed by atoms with Gasteiger partial charge in [0.2, 0.25) is 0 Å². The van der Waals surface area contributed by atoms with Crippen molar-refractivity contribution in [1.29, 1.82) is 0 Å². The Bertz CT molecular complexity index is 665. The molecular weight excluding hydrogens is 316 g/mol. The first kappa shape index (κ1) is 15.2. The summed E-state index contributed by atoms with van der Waals surface area (Å²) in [6, 6.07) is 3.00. The molecule has 5 nitrogen and oxygen atoms in total. The Balaban J connectivity index is 1.89. The van der Waals surface area contributed by atoms with E-state index < -0.39 is 6.55 Å². The van der Waals surface area contributed by atoms with Gasteiger partial charge in [-0.15, -0.1) is 0 Å². The topological polar surface area (TPSA) is 60.2 Å². The van der Waals surface area contributed by atoms with Crippen LogP contribution in [0.4, 0.5) is 8.78 Å². The van der Waals surface area contributed by atoms with E-state index in [0.29, 0.717) is 34.5 Å². The molecule has 2 unspecified atom stereocenters. The van der Waals surface area contributed by atoms with Gasteiger partial charge in [0, 0.05) is 24.9 Å².